The predicted octanol–water partition coefficient (Wildman–Crippen LogP) is 6.16. The van der Waals surface area contributed by atoms with Crippen LogP contribution in [-0.4, -0.2) is 27.9 Å². The van der Waals surface area contributed by atoms with E-state index < -0.39 is 23.2 Å². The maximum absolute atomic E-state index is 13.7. The van der Waals surface area contributed by atoms with Gasteiger partial charge in [-0.3, -0.25) is 9.48 Å². The number of anilines is 1. The normalized spacial score (nSPS) is 15.2. The van der Waals surface area contributed by atoms with Crippen molar-refractivity contribution < 1.29 is 18.0 Å². The Morgan fingerprint density at radius 1 is 1.03 bits per heavy atom. The van der Waals surface area contributed by atoms with Gasteiger partial charge in [0.05, 0.1) is 35.1 Å². The molecule has 0 saturated carbocycles. The van der Waals surface area contributed by atoms with Gasteiger partial charge in [-0.25, -0.2) is 4.99 Å². The summed E-state index contributed by atoms with van der Waals surface area (Å²) in [5.41, 5.74) is 1.54. The number of hydrogen-bond acceptors (Lipinski definition) is 4. The molecule has 184 valence electrons. The zero-order chi connectivity index (χ0) is 26.2. The highest BCUT2D eigenvalue weighted by Crippen LogP contribution is 2.36. The number of aliphatic imine (C=N–C) groups is 1. The molecule has 5 rings (SSSR count). The van der Waals surface area contributed by atoms with E-state index in [0.717, 1.165) is 23.3 Å². The van der Waals surface area contributed by atoms with Crippen LogP contribution in [0.15, 0.2) is 90.1 Å². The van der Waals surface area contributed by atoms with Crippen LogP contribution in [0.2, 0.25) is 0 Å². The summed E-state index contributed by atoms with van der Waals surface area (Å²) >= 11 is 0. The molecule has 0 aliphatic carbocycles. The van der Waals surface area contributed by atoms with Crippen molar-refractivity contribution in [1.82, 2.24) is 9.78 Å². The van der Waals surface area contributed by atoms with E-state index in [1.165, 1.54) is 17.2 Å². The van der Waals surface area contributed by atoms with Gasteiger partial charge in [0.15, 0.2) is 5.69 Å². The third-order valence-corrected chi connectivity index (χ3v) is 6.16. The monoisotopic (exact) mass is 499 g/mol. The molecule has 0 spiro atoms. The van der Waals surface area contributed by atoms with Crippen LogP contribution in [-0.2, 0) is 6.18 Å². The van der Waals surface area contributed by atoms with Gasteiger partial charge in [0.1, 0.15) is 5.69 Å². The Labute approximate surface area is 210 Å². The van der Waals surface area contributed by atoms with Gasteiger partial charge in [0.2, 0.25) is 0 Å². The largest absolute Gasteiger partial charge is 0.417 e. The van der Waals surface area contributed by atoms with Crippen molar-refractivity contribution in [3.63, 3.8) is 0 Å². The van der Waals surface area contributed by atoms with Gasteiger partial charge in [-0.1, -0.05) is 60.7 Å². The molecule has 0 fully saturated rings. The molecule has 0 N–H and O–H groups in total. The molecule has 0 bridgehead atoms. The van der Waals surface area contributed by atoms with Crippen molar-refractivity contribution in [2.75, 3.05) is 11.4 Å². The third kappa shape index (κ3) is 4.49. The number of nitriles is 1. The highest BCUT2D eigenvalue weighted by Gasteiger charge is 2.37. The van der Waals surface area contributed by atoms with Crippen molar-refractivity contribution in [3.05, 3.63) is 113 Å². The fourth-order valence-corrected chi connectivity index (χ4v) is 4.40. The van der Waals surface area contributed by atoms with Crippen LogP contribution in [0.25, 0.3) is 0 Å². The molecule has 1 aliphatic rings. The van der Waals surface area contributed by atoms with E-state index in [2.05, 4.69) is 5.10 Å². The van der Waals surface area contributed by atoms with Crippen molar-refractivity contribution in [2.45, 2.75) is 19.1 Å². The SMILES string of the molecule is C[C@H]1CN(c2ccc(C(F)(F)F)c(C#N)c2)C(=O)c2c(N=C(c3ccccc3)c3ccccc3)cnn21. The van der Waals surface area contributed by atoms with Crippen molar-refractivity contribution in [1.29, 1.82) is 5.26 Å². The lowest BCUT2D eigenvalue weighted by atomic mass is 10.0. The van der Waals surface area contributed by atoms with E-state index in [0.29, 0.717) is 11.4 Å². The molecular formula is C28H20F3N5O. The van der Waals surface area contributed by atoms with E-state index in [9.17, 15) is 23.2 Å². The molecular weight excluding hydrogens is 479 g/mol. The van der Waals surface area contributed by atoms with E-state index in [1.54, 1.807) is 10.8 Å². The van der Waals surface area contributed by atoms with Gasteiger partial charge in [0, 0.05) is 23.4 Å². The Balaban J connectivity index is 1.60. The number of halogens is 3. The number of benzene rings is 3. The number of carbonyl (C=O) groups excluding carboxylic acids is 1. The van der Waals surface area contributed by atoms with Gasteiger partial charge >= 0.3 is 6.18 Å². The zero-order valence-corrected chi connectivity index (χ0v) is 19.6. The summed E-state index contributed by atoms with van der Waals surface area (Å²) in [5.74, 6) is -0.460. The highest BCUT2D eigenvalue weighted by atomic mass is 19.4. The molecule has 37 heavy (non-hydrogen) atoms. The Hall–Kier alpha value is -4.71. The summed E-state index contributed by atoms with van der Waals surface area (Å²) in [6, 6.07) is 23.5. The number of alkyl halides is 3. The molecule has 0 radical (unpaired) electrons. The quantitative estimate of drug-likeness (QED) is 0.316. The third-order valence-electron chi connectivity index (χ3n) is 6.16. The van der Waals surface area contributed by atoms with E-state index >= 15 is 0 Å². The number of aromatic nitrogens is 2. The molecule has 4 aromatic rings. The fourth-order valence-electron chi connectivity index (χ4n) is 4.40. The van der Waals surface area contributed by atoms with Crippen LogP contribution in [0, 0.1) is 11.3 Å². The van der Waals surface area contributed by atoms with Crippen LogP contribution in [0.5, 0.6) is 0 Å². The summed E-state index contributed by atoms with van der Waals surface area (Å²) in [6.45, 7) is 2.03. The number of amides is 1. The fraction of sp³-hybridized carbons (Fsp3) is 0.143. The first-order valence-corrected chi connectivity index (χ1v) is 11.5. The minimum atomic E-state index is -4.67. The second-order valence-corrected chi connectivity index (χ2v) is 8.62. The number of carbonyl (C=O) groups is 1. The molecule has 9 heteroatoms. The maximum Gasteiger partial charge on any atom is 0.417 e. The summed E-state index contributed by atoms with van der Waals surface area (Å²) < 4.78 is 41.5. The molecule has 6 nitrogen and oxygen atoms in total. The predicted molar refractivity (Wildman–Crippen MR) is 133 cm³/mol. The number of rotatable bonds is 4. The second kappa shape index (κ2) is 9.39. The Bertz CT molecular complexity index is 1490. The van der Waals surface area contributed by atoms with Crippen LogP contribution in [0.1, 0.15) is 45.7 Å². The minimum Gasteiger partial charge on any atom is -0.305 e. The minimum absolute atomic E-state index is 0.178. The van der Waals surface area contributed by atoms with E-state index in [-0.39, 0.29) is 24.0 Å². The highest BCUT2D eigenvalue weighted by molar-refractivity contribution is 6.15. The summed E-state index contributed by atoms with van der Waals surface area (Å²) in [4.78, 5) is 19.9. The van der Waals surface area contributed by atoms with Crippen molar-refractivity contribution in [3.8, 4) is 6.07 Å². The number of nitrogens with zero attached hydrogens (tertiary/aromatic N) is 5. The van der Waals surface area contributed by atoms with Crippen LogP contribution < -0.4 is 4.90 Å². The lowest BCUT2D eigenvalue weighted by Gasteiger charge is -2.32. The van der Waals surface area contributed by atoms with E-state index in [1.807, 2.05) is 67.6 Å². The van der Waals surface area contributed by atoms with Gasteiger partial charge in [0.25, 0.3) is 5.91 Å². The smallest absolute Gasteiger partial charge is 0.305 e. The van der Waals surface area contributed by atoms with Crippen LogP contribution in [0.3, 0.4) is 0 Å². The molecule has 3 aromatic carbocycles. The maximum atomic E-state index is 13.7. The standard InChI is InChI=1S/C28H20F3N5O/c1-18-17-35(22-12-13-23(28(29,30)31)21(14-22)15-32)27(37)26-24(16-33-36(18)26)34-25(19-8-4-2-5-9-19)20-10-6-3-7-11-20/h2-14,16,18H,17H2,1H3/t18-/m0/s1. The van der Waals surface area contributed by atoms with E-state index in [4.69, 9.17) is 4.99 Å². The lowest BCUT2D eigenvalue weighted by molar-refractivity contribution is -0.137. The Morgan fingerprint density at radius 3 is 2.22 bits per heavy atom. The second-order valence-electron chi connectivity index (χ2n) is 8.62. The molecule has 1 aromatic heterocycles. The van der Waals surface area contributed by atoms with Gasteiger partial charge in [-0.2, -0.15) is 23.5 Å². The van der Waals surface area contributed by atoms with Gasteiger partial charge in [-0.15, -0.1) is 0 Å². The average Bonchev–Trinajstić information content (AvgIpc) is 3.34. The van der Waals surface area contributed by atoms with Crippen LogP contribution in [0.4, 0.5) is 24.5 Å². The first-order valence-electron chi connectivity index (χ1n) is 11.5. The van der Waals surface area contributed by atoms with Gasteiger partial charge in [-0.05, 0) is 25.1 Å². The first kappa shape index (κ1) is 24.0. The summed E-state index contributed by atoms with van der Waals surface area (Å²) in [5, 5.41) is 13.7. The molecule has 1 atom stereocenters. The molecule has 0 saturated heterocycles. The number of fused-ring (bicyclic) bond motifs is 1. The summed E-state index contributed by atoms with van der Waals surface area (Å²) in [6.07, 6.45) is -3.15. The summed E-state index contributed by atoms with van der Waals surface area (Å²) in [7, 11) is 0. The Kier molecular flexibility index (Phi) is 6.09. The molecule has 0 unspecified atom stereocenters. The molecule has 2 heterocycles. The topological polar surface area (TPSA) is 74.3 Å². The first-order chi connectivity index (χ1) is 17.8. The van der Waals surface area contributed by atoms with Crippen LogP contribution >= 0.6 is 0 Å². The van der Waals surface area contributed by atoms with Gasteiger partial charge < -0.3 is 4.90 Å². The molecule has 1 amide bonds. The van der Waals surface area contributed by atoms with Crippen molar-refractivity contribution in [2.24, 2.45) is 4.99 Å². The zero-order valence-electron chi connectivity index (χ0n) is 19.6. The average molecular weight is 499 g/mol. The molecule has 1 aliphatic heterocycles. The van der Waals surface area contributed by atoms with Crippen molar-refractivity contribution >= 4 is 23.0 Å². The lowest BCUT2D eigenvalue weighted by Crippen LogP contribution is -2.42. The number of hydrogen-bond donors (Lipinski definition) is 0. The Morgan fingerprint density at radius 2 is 1.65 bits per heavy atom.